The number of fused-ring (bicyclic) bond motifs is 3. The number of amides is 1. The monoisotopic (exact) mass is 604 g/mol. The summed E-state index contributed by atoms with van der Waals surface area (Å²) < 4.78 is 1.67. The zero-order valence-electron chi connectivity index (χ0n) is 23.6. The van der Waals surface area contributed by atoms with Crippen LogP contribution >= 0.6 is 23.2 Å². The fraction of sp³-hybridized carbons (Fsp3) is 0.424. The molecule has 1 saturated heterocycles. The first-order valence-corrected chi connectivity index (χ1v) is 15.7. The number of aromatic nitrogens is 3. The number of carbonyl (C=O) groups is 2. The number of Topliss-reactive ketones (excluding diaryl/α,β-unsaturated/α-hetero) is 1. The van der Waals surface area contributed by atoms with Crippen LogP contribution in [0, 0.1) is 5.92 Å². The van der Waals surface area contributed by atoms with Crippen molar-refractivity contribution in [2.24, 2.45) is 5.92 Å². The summed E-state index contributed by atoms with van der Waals surface area (Å²) in [5, 5.41) is 2.81. The highest BCUT2D eigenvalue weighted by Gasteiger charge is 2.24. The van der Waals surface area contributed by atoms with E-state index in [0.717, 1.165) is 65.7 Å². The van der Waals surface area contributed by atoms with Crippen molar-refractivity contribution in [3.05, 3.63) is 79.9 Å². The third-order valence-electron chi connectivity index (χ3n) is 8.77. The van der Waals surface area contributed by atoms with Gasteiger partial charge in [0.25, 0.3) is 5.56 Å². The predicted octanol–water partition coefficient (Wildman–Crippen LogP) is 6.81. The van der Waals surface area contributed by atoms with Gasteiger partial charge in [0, 0.05) is 54.1 Å². The molecular formula is C33H34Cl2N4O3. The van der Waals surface area contributed by atoms with Crippen molar-refractivity contribution < 1.29 is 9.59 Å². The highest BCUT2D eigenvalue weighted by molar-refractivity contribution is 6.36. The van der Waals surface area contributed by atoms with Crippen LogP contribution in [0.15, 0.2) is 47.5 Å². The van der Waals surface area contributed by atoms with E-state index in [0.29, 0.717) is 72.7 Å². The first kappa shape index (κ1) is 28.8. The molecule has 1 aliphatic heterocycles. The fourth-order valence-electron chi connectivity index (χ4n) is 6.31. The Morgan fingerprint density at radius 2 is 1.67 bits per heavy atom. The van der Waals surface area contributed by atoms with Gasteiger partial charge in [0.2, 0.25) is 5.91 Å². The Labute approximate surface area is 254 Å². The predicted molar refractivity (Wildman–Crippen MR) is 167 cm³/mol. The van der Waals surface area contributed by atoms with Gasteiger partial charge in [-0.25, -0.2) is 4.98 Å². The molecule has 0 bridgehead atoms. The number of aryl methyl sites for hydroxylation is 1. The zero-order valence-corrected chi connectivity index (χ0v) is 25.1. The van der Waals surface area contributed by atoms with Gasteiger partial charge in [-0.2, -0.15) is 0 Å². The van der Waals surface area contributed by atoms with Gasteiger partial charge in [-0.15, -0.1) is 0 Å². The molecule has 0 unspecified atom stereocenters. The van der Waals surface area contributed by atoms with Crippen LogP contribution in [-0.2, 0) is 24.2 Å². The normalized spacial score (nSPS) is 15.7. The van der Waals surface area contributed by atoms with Crippen molar-refractivity contribution in [3.63, 3.8) is 0 Å². The van der Waals surface area contributed by atoms with Gasteiger partial charge in [0.05, 0.1) is 27.8 Å². The number of rotatable bonds is 8. The van der Waals surface area contributed by atoms with Gasteiger partial charge >= 0.3 is 0 Å². The number of likely N-dealkylation sites (tertiary alicyclic amines) is 1. The van der Waals surface area contributed by atoms with Crippen molar-refractivity contribution in [1.29, 1.82) is 0 Å². The van der Waals surface area contributed by atoms with Crippen molar-refractivity contribution in [2.45, 2.75) is 70.8 Å². The van der Waals surface area contributed by atoms with Gasteiger partial charge in [-0.1, -0.05) is 35.3 Å². The molecule has 42 heavy (non-hydrogen) atoms. The molecule has 7 nitrogen and oxygen atoms in total. The molecular weight excluding hydrogens is 571 g/mol. The van der Waals surface area contributed by atoms with E-state index >= 15 is 0 Å². The molecule has 0 N–H and O–H groups in total. The quantitative estimate of drug-likeness (QED) is 0.163. The third kappa shape index (κ3) is 6.09. The number of halogens is 2. The Balaban J connectivity index is 0.961. The molecule has 2 aromatic heterocycles. The molecule has 218 valence electrons. The number of nitrogens with zero attached hydrogens (tertiary/aromatic N) is 4. The van der Waals surface area contributed by atoms with Gasteiger partial charge in [0.15, 0.2) is 5.78 Å². The molecule has 3 heterocycles. The molecule has 9 heteroatoms. The summed E-state index contributed by atoms with van der Waals surface area (Å²) in [6.07, 6.45) is 9.64. The van der Waals surface area contributed by atoms with E-state index in [1.54, 1.807) is 29.1 Å². The molecule has 6 rings (SSSR count). The smallest absolute Gasteiger partial charge is 0.261 e. The van der Waals surface area contributed by atoms with Crippen LogP contribution in [0.1, 0.15) is 73.0 Å². The lowest BCUT2D eigenvalue weighted by Gasteiger charge is -2.32. The van der Waals surface area contributed by atoms with Crippen molar-refractivity contribution in [3.8, 4) is 0 Å². The molecule has 1 amide bonds. The SMILES string of the molecule is O=C(CCCCC(=O)N1CCC(Cn2cnc3cc(Cl)ccc3c2=O)CC1)c1ccc2c(Cl)c3c(nc2c1)CCCC3. The summed E-state index contributed by atoms with van der Waals surface area (Å²) >= 11 is 12.7. The van der Waals surface area contributed by atoms with Crippen LogP contribution in [0.5, 0.6) is 0 Å². The van der Waals surface area contributed by atoms with Gasteiger partial charge in [-0.05, 0) is 87.1 Å². The van der Waals surface area contributed by atoms with E-state index in [4.69, 9.17) is 28.2 Å². The second kappa shape index (κ2) is 12.5. The second-order valence-corrected chi connectivity index (χ2v) is 12.4. The minimum absolute atomic E-state index is 0.0626. The molecule has 4 aromatic rings. The topological polar surface area (TPSA) is 85.2 Å². The summed E-state index contributed by atoms with van der Waals surface area (Å²) in [4.78, 5) is 49.8. The number of hydrogen-bond donors (Lipinski definition) is 0. The van der Waals surface area contributed by atoms with E-state index in [9.17, 15) is 14.4 Å². The standard InChI is InChI=1S/C33H34Cl2N4O3/c34-23-10-12-26-28(18-23)36-20-39(33(26)42)19-21-13-15-38(16-14-21)31(41)8-4-3-7-30(40)22-9-11-25-29(17-22)37-27-6-2-1-5-24(27)32(25)35/h9-12,17-18,20-21H,1-8,13-16,19H2. The van der Waals surface area contributed by atoms with E-state index in [1.807, 2.05) is 23.1 Å². The van der Waals surface area contributed by atoms with Crippen molar-refractivity contribution >= 4 is 56.7 Å². The lowest BCUT2D eigenvalue weighted by Crippen LogP contribution is -2.40. The Hall–Kier alpha value is -3.29. The maximum atomic E-state index is 12.9. The Kier molecular flexibility index (Phi) is 8.59. The molecule has 0 spiro atoms. The lowest BCUT2D eigenvalue weighted by atomic mass is 9.94. The number of benzene rings is 2. The lowest BCUT2D eigenvalue weighted by molar-refractivity contribution is -0.132. The van der Waals surface area contributed by atoms with E-state index in [2.05, 4.69) is 4.98 Å². The minimum Gasteiger partial charge on any atom is -0.343 e. The highest BCUT2D eigenvalue weighted by Crippen LogP contribution is 2.33. The first-order chi connectivity index (χ1) is 20.4. The summed E-state index contributed by atoms with van der Waals surface area (Å²) in [6.45, 7) is 1.96. The molecule has 0 radical (unpaired) electrons. The third-order valence-corrected chi connectivity index (χ3v) is 9.44. The Morgan fingerprint density at radius 1 is 0.905 bits per heavy atom. The molecule has 0 saturated carbocycles. The van der Waals surface area contributed by atoms with Crippen LogP contribution in [0.4, 0.5) is 0 Å². The van der Waals surface area contributed by atoms with E-state index in [-0.39, 0.29) is 17.2 Å². The zero-order chi connectivity index (χ0) is 29.2. The second-order valence-electron chi connectivity index (χ2n) is 11.6. The first-order valence-electron chi connectivity index (χ1n) is 14.9. The number of pyridine rings is 1. The van der Waals surface area contributed by atoms with Crippen LogP contribution in [0.2, 0.25) is 10.0 Å². The minimum atomic E-state index is -0.0626. The number of hydrogen-bond acceptors (Lipinski definition) is 5. The largest absolute Gasteiger partial charge is 0.343 e. The molecule has 2 aromatic carbocycles. The van der Waals surface area contributed by atoms with Gasteiger partial charge < -0.3 is 4.90 Å². The summed E-state index contributed by atoms with van der Waals surface area (Å²) in [6, 6.07) is 10.8. The highest BCUT2D eigenvalue weighted by atomic mass is 35.5. The summed E-state index contributed by atoms with van der Waals surface area (Å²) in [5.74, 6) is 0.520. The van der Waals surface area contributed by atoms with Gasteiger partial charge in [-0.3, -0.25) is 23.9 Å². The van der Waals surface area contributed by atoms with Crippen LogP contribution in [-0.4, -0.2) is 44.2 Å². The average molecular weight is 606 g/mol. The average Bonchev–Trinajstić information content (AvgIpc) is 3.00. The van der Waals surface area contributed by atoms with Crippen LogP contribution in [0.3, 0.4) is 0 Å². The number of carbonyl (C=O) groups excluding carboxylic acids is 2. The number of ketones is 1. The fourth-order valence-corrected chi connectivity index (χ4v) is 6.84. The molecule has 1 fully saturated rings. The maximum Gasteiger partial charge on any atom is 0.261 e. The van der Waals surface area contributed by atoms with Crippen molar-refractivity contribution in [2.75, 3.05) is 13.1 Å². The number of unbranched alkanes of at least 4 members (excludes halogenated alkanes) is 1. The van der Waals surface area contributed by atoms with Crippen LogP contribution < -0.4 is 5.56 Å². The molecule has 0 atom stereocenters. The van der Waals surface area contributed by atoms with E-state index in [1.165, 1.54) is 0 Å². The van der Waals surface area contributed by atoms with Gasteiger partial charge in [0.1, 0.15) is 0 Å². The maximum absolute atomic E-state index is 12.9. The summed E-state index contributed by atoms with van der Waals surface area (Å²) in [5.41, 5.74) is 4.20. The van der Waals surface area contributed by atoms with Crippen molar-refractivity contribution in [1.82, 2.24) is 19.4 Å². The number of piperidine rings is 1. The Morgan fingerprint density at radius 3 is 2.50 bits per heavy atom. The Bertz CT molecular complexity index is 1730. The van der Waals surface area contributed by atoms with E-state index < -0.39 is 0 Å². The molecule has 2 aliphatic rings. The molecule has 1 aliphatic carbocycles. The summed E-state index contributed by atoms with van der Waals surface area (Å²) in [7, 11) is 0. The van der Waals surface area contributed by atoms with Crippen LogP contribution in [0.25, 0.3) is 21.8 Å².